The third-order valence-electron chi connectivity index (χ3n) is 6.49. The summed E-state index contributed by atoms with van der Waals surface area (Å²) in [7, 11) is 0. The minimum Gasteiger partial charge on any atom is -0.463 e. The number of nitro benzene ring substituents is 1. The van der Waals surface area contributed by atoms with E-state index in [1.54, 1.807) is 19.1 Å². The Balaban J connectivity index is 1.83. The maximum absolute atomic E-state index is 13.4. The predicted molar refractivity (Wildman–Crippen MR) is 131 cm³/mol. The zero-order valence-electron chi connectivity index (χ0n) is 19.3. The van der Waals surface area contributed by atoms with E-state index in [4.69, 9.17) is 20.2 Å². The minimum atomic E-state index is -0.743. The fourth-order valence-electron chi connectivity index (χ4n) is 4.92. The molecular weight excluding hydrogens is 446 g/mol. The highest BCUT2D eigenvalue weighted by Gasteiger charge is 2.40. The van der Waals surface area contributed by atoms with Crippen LogP contribution in [0.15, 0.2) is 60.2 Å². The lowest BCUT2D eigenvalue weighted by atomic mass is 9.79. The Kier molecular flexibility index (Phi) is 5.94. The van der Waals surface area contributed by atoms with Crippen LogP contribution >= 0.6 is 0 Å². The largest absolute Gasteiger partial charge is 0.463 e. The van der Waals surface area contributed by atoms with Crippen LogP contribution in [0.2, 0.25) is 0 Å². The molecule has 0 radical (unpaired) electrons. The molecule has 0 spiro atoms. The normalized spacial score (nSPS) is 16.7. The first-order chi connectivity index (χ1) is 17.0. The molecule has 2 aliphatic rings. The van der Waals surface area contributed by atoms with Crippen molar-refractivity contribution in [2.45, 2.75) is 38.5 Å². The van der Waals surface area contributed by atoms with E-state index < -0.39 is 16.8 Å². The van der Waals surface area contributed by atoms with Gasteiger partial charge in [-0.3, -0.25) is 10.1 Å². The summed E-state index contributed by atoms with van der Waals surface area (Å²) in [5.41, 5.74) is 11.1. The van der Waals surface area contributed by atoms with Gasteiger partial charge in [-0.1, -0.05) is 42.5 Å². The average molecular weight is 472 g/mol. The molecule has 1 aliphatic carbocycles. The first-order valence-corrected chi connectivity index (χ1v) is 11.7. The molecule has 1 aliphatic heterocycles. The molecule has 0 amide bonds. The van der Waals surface area contributed by atoms with Gasteiger partial charge in [-0.25, -0.2) is 9.78 Å². The number of nitrogens with two attached hydrogens (primary N) is 1. The second-order valence-electron chi connectivity index (χ2n) is 8.59. The number of fused-ring (bicyclic) bond motifs is 2. The third-order valence-corrected chi connectivity index (χ3v) is 6.49. The highest BCUT2D eigenvalue weighted by Crippen LogP contribution is 2.50. The van der Waals surface area contributed by atoms with E-state index in [0.717, 1.165) is 36.9 Å². The van der Waals surface area contributed by atoms with Crippen molar-refractivity contribution in [1.82, 2.24) is 4.98 Å². The van der Waals surface area contributed by atoms with E-state index >= 15 is 0 Å². The van der Waals surface area contributed by atoms with Crippen LogP contribution in [0, 0.1) is 10.1 Å². The fourth-order valence-corrected chi connectivity index (χ4v) is 4.92. The summed E-state index contributed by atoms with van der Waals surface area (Å²) in [6.07, 6.45) is 3.59. The number of esters is 1. The summed E-state index contributed by atoms with van der Waals surface area (Å²) in [6.45, 7) is 1.89. The number of aryl methyl sites for hydroxylation is 1. The Morgan fingerprint density at radius 3 is 2.69 bits per heavy atom. The van der Waals surface area contributed by atoms with Crippen molar-refractivity contribution in [3.05, 3.63) is 98.2 Å². The molecule has 1 unspecified atom stereocenters. The Hall–Kier alpha value is -4.20. The van der Waals surface area contributed by atoms with Crippen LogP contribution in [0.25, 0.3) is 5.76 Å². The molecule has 0 saturated heterocycles. The second kappa shape index (κ2) is 9.21. The van der Waals surface area contributed by atoms with Crippen LogP contribution < -0.4 is 10.5 Å². The molecule has 1 aromatic heterocycles. The number of hydrogen-bond donors (Lipinski definition) is 1. The van der Waals surface area contributed by atoms with Crippen LogP contribution in [-0.4, -0.2) is 22.5 Å². The van der Waals surface area contributed by atoms with Crippen molar-refractivity contribution in [2.24, 2.45) is 0 Å². The maximum atomic E-state index is 13.4. The molecule has 2 N–H and O–H groups in total. The molecule has 1 atom stereocenters. The van der Waals surface area contributed by atoms with Gasteiger partial charge in [0.15, 0.2) is 0 Å². The summed E-state index contributed by atoms with van der Waals surface area (Å²) in [5.74, 6) is -0.666. The van der Waals surface area contributed by atoms with E-state index in [1.165, 1.54) is 12.1 Å². The molecule has 5 rings (SSSR count). The van der Waals surface area contributed by atoms with Gasteiger partial charge in [0.05, 0.1) is 28.6 Å². The van der Waals surface area contributed by atoms with Crippen LogP contribution in [-0.2, 0) is 22.4 Å². The summed E-state index contributed by atoms with van der Waals surface area (Å²) in [5, 5.41) is 11.6. The zero-order chi connectivity index (χ0) is 24.5. The van der Waals surface area contributed by atoms with Crippen molar-refractivity contribution >= 4 is 23.1 Å². The number of pyridine rings is 1. The number of benzene rings is 2. The first-order valence-electron chi connectivity index (χ1n) is 11.7. The van der Waals surface area contributed by atoms with E-state index in [0.29, 0.717) is 34.0 Å². The van der Waals surface area contributed by atoms with Crippen molar-refractivity contribution in [2.75, 3.05) is 12.3 Å². The molecular formula is C27H25N3O5. The van der Waals surface area contributed by atoms with E-state index in [-0.39, 0.29) is 17.9 Å². The number of aromatic nitrogens is 1. The van der Waals surface area contributed by atoms with Gasteiger partial charge in [-0.15, -0.1) is 0 Å². The molecule has 35 heavy (non-hydrogen) atoms. The van der Waals surface area contributed by atoms with Crippen LogP contribution in [0.3, 0.4) is 0 Å². The van der Waals surface area contributed by atoms with Crippen molar-refractivity contribution in [1.29, 1.82) is 0 Å². The second-order valence-corrected chi connectivity index (χ2v) is 8.59. The van der Waals surface area contributed by atoms with Crippen molar-refractivity contribution in [3.8, 4) is 5.88 Å². The van der Waals surface area contributed by atoms with E-state index in [9.17, 15) is 14.9 Å². The number of carbonyl (C=O) groups is 1. The van der Waals surface area contributed by atoms with Gasteiger partial charge in [0.2, 0.25) is 5.88 Å². The monoisotopic (exact) mass is 471 g/mol. The number of nitrogens with zero attached hydrogens (tertiary/aromatic N) is 2. The minimum absolute atomic E-state index is 0.0792. The van der Waals surface area contributed by atoms with Crippen molar-refractivity contribution in [3.63, 3.8) is 0 Å². The molecule has 0 fully saturated rings. The smallest absolute Gasteiger partial charge is 0.338 e. The van der Waals surface area contributed by atoms with Gasteiger partial charge in [0.25, 0.3) is 5.69 Å². The van der Waals surface area contributed by atoms with Crippen molar-refractivity contribution < 1.29 is 19.2 Å². The lowest BCUT2D eigenvalue weighted by Crippen LogP contribution is -2.26. The Morgan fingerprint density at radius 2 is 1.94 bits per heavy atom. The number of hydrogen-bond acceptors (Lipinski definition) is 7. The molecule has 2 aromatic carbocycles. The molecule has 178 valence electrons. The van der Waals surface area contributed by atoms with E-state index in [2.05, 4.69) is 0 Å². The summed E-state index contributed by atoms with van der Waals surface area (Å²) < 4.78 is 11.8. The van der Waals surface area contributed by atoms with Crippen LogP contribution in [0.4, 0.5) is 11.4 Å². The highest BCUT2D eigenvalue weighted by atomic mass is 16.6. The fraction of sp³-hybridized carbons (Fsp3) is 0.259. The quantitative estimate of drug-likeness (QED) is 0.318. The molecule has 3 aromatic rings. The number of nitrogen functional groups attached to an aromatic ring is 1. The van der Waals surface area contributed by atoms with E-state index in [1.807, 2.05) is 30.3 Å². The molecule has 8 heteroatoms. The summed E-state index contributed by atoms with van der Waals surface area (Å²) >= 11 is 0. The number of nitro groups is 1. The lowest BCUT2D eigenvalue weighted by Gasteiger charge is -2.32. The molecule has 0 bridgehead atoms. The lowest BCUT2D eigenvalue weighted by molar-refractivity contribution is -0.384. The standard InChI is InChI=1S/C27H25N3O5/c1-2-34-27(31)23-21(17-11-8-12-18(15-17)30(32)33)22-24(28)19-13-6-7-14-20(19)29-26(22)35-25(23)16-9-4-3-5-10-16/h3-5,8-12,15,21H,2,6-7,13-14H2,1H3,(H2,28,29). The summed E-state index contributed by atoms with van der Waals surface area (Å²) in [6, 6.07) is 15.5. The molecule has 0 saturated carbocycles. The highest BCUT2D eigenvalue weighted by molar-refractivity contribution is 6.00. The number of carbonyl (C=O) groups excluding carboxylic acids is 1. The Labute approximate surface area is 202 Å². The Bertz CT molecular complexity index is 1350. The summed E-state index contributed by atoms with van der Waals surface area (Å²) in [4.78, 5) is 29.4. The zero-order valence-corrected chi connectivity index (χ0v) is 19.3. The third kappa shape index (κ3) is 4.01. The molecule has 8 nitrogen and oxygen atoms in total. The van der Waals surface area contributed by atoms with Gasteiger partial charge < -0.3 is 15.2 Å². The maximum Gasteiger partial charge on any atom is 0.338 e. The number of non-ortho nitro benzene ring substituents is 1. The van der Waals surface area contributed by atoms with Crippen LogP contribution in [0.5, 0.6) is 5.88 Å². The topological polar surface area (TPSA) is 118 Å². The molecule has 2 heterocycles. The number of anilines is 1. The van der Waals surface area contributed by atoms with Gasteiger partial charge in [0, 0.05) is 29.1 Å². The number of ether oxygens (including phenoxy) is 2. The van der Waals surface area contributed by atoms with Crippen LogP contribution in [0.1, 0.15) is 53.6 Å². The Morgan fingerprint density at radius 1 is 1.17 bits per heavy atom. The number of rotatable bonds is 5. The van der Waals surface area contributed by atoms with Gasteiger partial charge >= 0.3 is 5.97 Å². The van der Waals surface area contributed by atoms with Gasteiger partial charge in [0.1, 0.15) is 5.76 Å². The predicted octanol–water partition coefficient (Wildman–Crippen LogP) is 4.95. The van der Waals surface area contributed by atoms with Gasteiger partial charge in [-0.2, -0.15) is 0 Å². The SMILES string of the molecule is CCOC(=O)C1=C(c2ccccc2)Oc2nc3c(c(N)c2C1c1cccc([N+](=O)[O-])c1)CCCC3. The van der Waals surface area contributed by atoms with Gasteiger partial charge in [-0.05, 0) is 43.7 Å². The first kappa shape index (κ1) is 22.6. The average Bonchev–Trinajstić information content (AvgIpc) is 2.88.